The molecule has 3 heterocycles. The van der Waals surface area contributed by atoms with Gasteiger partial charge in [0.05, 0.1) is 78.7 Å². The van der Waals surface area contributed by atoms with Crippen LogP contribution in [-0.2, 0) is 57.1 Å². The zero-order valence-corrected chi connectivity index (χ0v) is 42.1. The lowest BCUT2D eigenvalue weighted by Gasteiger charge is -2.37. The van der Waals surface area contributed by atoms with E-state index in [9.17, 15) is 24.0 Å². The Morgan fingerprint density at radius 3 is 1.52 bits per heavy atom. The van der Waals surface area contributed by atoms with Crippen molar-refractivity contribution in [1.82, 2.24) is 0 Å². The highest BCUT2D eigenvalue weighted by Gasteiger charge is 2.39. The number of hydrogen-bond donors (Lipinski definition) is 0. The van der Waals surface area contributed by atoms with Crippen molar-refractivity contribution in [2.75, 3.05) is 46.2 Å². The molecule has 0 amide bonds. The average molecular weight is 998 g/mol. The Bertz CT molecular complexity index is 1950. The molecule has 0 unspecified atom stereocenters. The van der Waals surface area contributed by atoms with Crippen molar-refractivity contribution in [3.63, 3.8) is 0 Å². The van der Waals surface area contributed by atoms with Gasteiger partial charge < -0.3 is 42.6 Å². The Balaban J connectivity index is 0.968. The van der Waals surface area contributed by atoms with E-state index in [1.165, 1.54) is 13.0 Å². The molecule has 17 heteroatoms. The zero-order valence-electron chi connectivity index (χ0n) is 40.4. The van der Waals surface area contributed by atoms with Gasteiger partial charge in [-0.2, -0.15) is 0 Å². The highest BCUT2D eigenvalue weighted by molar-refractivity contribution is 8.24. The van der Waals surface area contributed by atoms with Gasteiger partial charge in [0.15, 0.2) is 12.6 Å². The number of nitrogens with zero attached hydrogens (tertiary/aromatic N) is 1. The first-order chi connectivity index (χ1) is 33.6. The topological polar surface area (TPSA) is 173 Å². The maximum atomic E-state index is 13.8. The molecule has 0 spiro atoms. The van der Waals surface area contributed by atoms with Crippen LogP contribution in [0.25, 0.3) is 4.85 Å². The van der Waals surface area contributed by atoms with Gasteiger partial charge in [0, 0.05) is 36.7 Å². The number of carbonyl (C=O) groups excluding carboxylic acids is 5. The summed E-state index contributed by atoms with van der Waals surface area (Å²) >= 11 is 2.28. The third-order valence-electron chi connectivity index (χ3n) is 13.5. The van der Waals surface area contributed by atoms with E-state index in [0.717, 1.165) is 113 Å². The van der Waals surface area contributed by atoms with Crippen LogP contribution in [0.4, 0.5) is 0 Å². The number of unbranched alkanes of at least 4 members (excludes halogenated alkanes) is 6. The van der Waals surface area contributed by atoms with Crippen LogP contribution in [0, 0.1) is 42.1 Å². The molecule has 0 bridgehead atoms. The molecule has 1 aromatic carbocycles. The van der Waals surface area contributed by atoms with Gasteiger partial charge in [0.2, 0.25) is 0 Å². The average Bonchev–Trinajstić information content (AvgIpc) is 3.82. The maximum absolute atomic E-state index is 13.8. The summed E-state index contributed by atoms with van der Waals surface area (Å²) in [5.41, 5.74) is -0.175. The molecule has 4 fully saturated rings. The summed E-state index contributed by atoms with van der Waals surface area (Å²) in [6.45, 7) is 18.2. The predicted octanol–water partition coefficient (Wildman–Crippen LogP) is 10.5. The van der Waals surface area contributed by atoms with Gasteiger partial charge in [-0.25, -0.2) is 9.64 Å². The molecule has 15 nitrogen and oxygen atoms in total. The number of fused-ring (bicyclic) bond motifs is 1. The lowest BCUT2D eigenvalue weighted by molar-refractivity contribution is -0.230. The van der Waals surface area contributed by atoms with E-state index >= 15 is 0 Å². The maximum Gasteiger partial charge on any atom is 0.338 e. The highest BCUT2D eigenvalue weighted by atomic mass is 32.2. The fraction of sp³-hybridized carbons (Fsp3) is 0.692. The number of esters is 5. The molecule has 3 aliphatic heterocycles. The van der Waals surface area contributed by atoms with Crippen LogP contribution in [-0.4, -0.2) is 88.7 Å². The van der Waals surface area contributed by atoms with Crippen molar-refractivity contribution in [1.29, 1.82) is 0 Å². The van der Waals surface area contributed by atoms with Crippen LogP contribution in [0.1, 0.15) is 136 Å². The zero-order chi connectivity index (χ0) is 49.0. The van der Waals surface area contributed by atoms with Crippen LogP contribution in [0.5, 0.6) is 11.5 Å². The SMILES string of the molecule is [C-]#[N+]/C(C(=O)OCCC)=C1/Sc2c(OC(=O)C3CCC(C4OCC(CCCCCCOC(C)=O)CO4)CC3)ccc(OC(=O)C3CCC(C4OCC(CCCCCCOC(=O)C=C)CO4)CC3)c2S1. The molecule has 69 heavy (non-hydrogen) atoms. The lowest BCUT2D eigenvalue weighted by Crippen LogP contribution is -2.39. The van der Waals surface area contributed by atoms with Gasteiger partial charge in [-0.15, -0.1) is 0 Å². The minimum absolute atomic E-state index is 0.172. The highest BCUT2D eigenvalue weighted by Crippen LogP contribution is 2.59. The van der Waals surface area contributed by atoms with Crippen molar-refractivity contribution in [2.45, 2.75) is 158 Å². The van der Waals surface area contributed by atoms with Gasteiger partial charge in [-0.3, -0.25) is 19.2 Å². The van der Waals surface area contributed by atoms with Gasteiger partial charge in [0.25, 0.3) is 5.70 Å². The summed E-state index contributed by atoms with van der Waals surface area (Å²) in [6.07, 6.45) is 16.8. The van der Waals surface area contributed by atoms with E-state index in [4.69, 9.17) is 49.2 Å². The van der Waals surface area contributed by atoms with E-state index in [1.54, 1.807) is 12.1 Å². The number of hydrogen-bond acceptors (Lipinski definition) is 16. The second-order valence-electron chi connectivity index (χ2n) is 18.8. The normalized spacial score (nSPS) is 26.4. The first-order valence-electron chi connectivity index (χ1n) is 25.2. The fourth-order valence-corrected chi connectivity index (χ4v) is 12.0. The summed E-state index contributed by atoms with van der Waals surface area (Å²) in [6, 6.07) is 3.26. The quantitative estimate of drug-likeness (QED) is 0.0239. The van der Waals surface area contributed by atoms with E-state index in [-0.39, 0.29) is 83.9 Å². The van der Waals surface area contributed by atoms with E-state index < -0.39 is 5.97 Å². The Morgan fingerprint density at radius 1 is 0.652 bits per heavy atom. The summed E-state index contributed by atoms with van der Waals surface area (Å²) in [5.74, 6) is -1.09. The van der Waals surface area contributed by atoms with Crippen molar-refractivity contribution < 1.29 is 66.6 Å². The van der Waals surface area contributed by atoms with Gasteiger partial charge >= 0.3 is 29.8 Å². The molecule has 1 aromatic rings. The van der Waals surface area contributed by atoms with Crippen LogP contribution in [0.15, 0.2) is 44.5 Å². The number of thioether (sulfide) groups is 2. The molecule has 2 saturated heterocycles. The van der Waals surface area contributed by atoms with Crippen molar-refractivity contribution in [3.05, 3.63) is 46.1 Å². The number of carbonyl (C=O) groups is 5. The fourth-order valence-electron chi connectivity index (χ4n) is 9.48. The molecule has 5 aliphatic rings. The van der Waals surface area contributed by atoms with Crippen LogP contribution in [0.2, 0.25) is 0 Å². The largest absolute Gasteiger partial charge is 0.471 e. The molecular weight excluding hydrogens is 927 g/mol. The molecule has 0 N–H and O–H groups in total. The summed E-state index contributed by atoms with van der Waals surface area (Å²) in [5, 5.41) is 0. The summed E-state index contributed by atoms with van der Waals surface area (Å²) in [7, 11) is 0. The minimum atomic E-state index is -0.731. The Hall–Kier alpha value is -3.92. The Morgan fingerprint density at radius 2 is 1.10 bits per heavy atom. The molecule has 0 aromatic heterocycles. The minimum Gasteiger partial charge on any atom is -0.471 e. The van der Waals surface area contributed by atoms with E-state index in [1.807, 2.05) is 6.92 Å². The standard InChI is InChI=1S/C52H71NO14S2/c1-5-27-61-49(58)44(53-4)52-68-45-41(66-47(56)37-17-21-39(22-18-37)50-62-30-35(31-63-50)15-11-7-9-13-28-59-34(3)54)25-26-42(46(45)69-52)67-48(57)38-19-23-40(24-20-38)51-64-32-36(33-65-51)16-12-8-10-14-29-60-43(55)6-2/h6,25-26,35-40,50-51H,2,5,7-24,27-33H2,1,3H3/b52-44-. The first kappa shape index (κ1) is 54.4. The molecule has 0 radical (unpaired) electrons. The number of benzene rings is 1. The van der Waals surface area contributed by atoms with Crippen molar-refractivity contribution in [2.24, 2.45) is 35.5 Å². The Labute approximate surface area is 415 Å². The number of rotatable bonds is 24. The summed E-state index contributed by atoms with van der Waals surface area (Å²) < 4.78 is 52.7. The Kier molecular flexibility index (Phi) is 22.7. The molecular formula is C52H71NO14S2. The second kappa shape index (κ2) is 28.8. The van der Waals surface area contributed by atoms with Crippen LogP contribution < -0.4 is 9.47 Å². The van der Waals surface area contributed by atoms with E-state index in [0.29, 0.717) is 97.6 Å². The second-order valence-corrected chi connectivity index (χ2v) is 21.1. The smallest absolute Gasteiger partial charge is 0.338 e. The monoisotopic (exact) mass is 997 g/mol. The molecule has 2 aliphatic carbocycles. The molecule has 0 atom stereocenters. The third kappa shape index (κ3) is 16.8. The van der Waals surface area contributed by atoms with E-state index in [2.05, 4.69) is 11.4 Å². The third-order valence-corrected chi connectivity index (χ3v) is 16.1. The molecule has 2 saturated carbocycles. The van der Waals surface area contributed by atoms with Gasteiger partial charge in [0.1, 0.15) is 11.5 Å². The first-order valence-corrected chi connectivity index (χ1v) is 26.8. The number of ether oxygens (including phenoxy) is 9. The van der Waals surface area contributed by atoms with Gasteiger partial charge in [-0.05, 0) is 95.6 Å². The molecule has 380 valence electrons. The van der Waals surface area contributed by atoms with Crippen LogP contribution in [0.3, 0.4) is 0 Å². The van der Waals surface area contributed by atoms with Crippen molar-refractivity contribution >= 4 is 53.4 Å². The predicted molar refractivity (Wildman–Crippen MR) is 258 cm³/mol. The van der Waals surface area contributed by atoms with Crippen molar-refractivity contribution in [3.8, 4) is 11.5 Å². The molecule has 6 rings (SSSR count). The lowest BCUT2D eigenvalue weighted by atomic mass is 9.81. The summed E-state index contributed by atoms with van der Waals surface area (Å²) in [4.78, 5) is 67.2. The van der Waals surface area contributed by atoms with Crippen LogP contribution >= 0.6 is 23.5 Å². The van der Waals surface area contributed by atoms with Gasteiger partial charge in [-0.1, -0.05) is 75.6 Å².